The second-order valence-corrected chi connectivity index (χ2v) is 8.22. The molecule has 1 aromatic heterocycles. The zero-order valence-electron chi connectivity index (χ0n) is 17.0. The SMILES string of the molecule is NC(=O)c1ccc(N2CCCCC2)c2c1[nH]c1cc(C(=O)N3CCNCC3)ccc12. The Kier molecular flexibility index (Phi) is 4.83. The number of piperazine rings is 1. The Morgan fingerprint density at radius 3 is 2.43 bits per heavy atom. The van der Waals surface area contributed by atoms with Gasteiger partial charge in [-0.05, 0) is 43.5 Å². The number of anilines is 1. The van der Waals surface area contributed by atoms with Crippen LogP contribution >= 0.6 is 0 Å². The molecule has 2 aliphatic rings. The maximum Gasteiger partial charge on any atom is 0.254 e. The zero-order valence-corrected chi connectivity index (χ0v) is 17.0. The van der Waals surface area contributed by atoms with Gasteiger partial charge in [0.1, 0.15) is 0 Å². The smallest absolute Gasteiger partial charge is 0.254 e. The molecule has 2 fully saturated rings. The number of carbonyl (C=O) groups excluding carboxylic acids is 2. The Labute approximate surface area is 175 Å². The van der Waals surface area contributed by atoms with E-state index in [9.17, 15) is 9.59 Å². The summed E-state index contributed by atoms with van der Waals surface area (Å²) in [6.45, 7) is 5.10. The quantitative estimate of drug-likeness (QED) is 0.624. The van der Waals surface area contributed by atoms with Crippen molar-refractivity contribution >= 4 is 39.3 Å². The molecule has 2 saturated heterocycles. The lowest BCUT2D eigenvalue weighted by Crippen LogP contribution is -2.46. The van der Waals surface area contributed by atoms with Crippen LogP contribution in [0.25, 0.3) is 21.8 Å². The minimum atomic E-state index is -0.450. The second-order valence-electron chi connectivity index (χ2n) is 8.22. The number of carbonyl (C=O) groups is 2. The lowest BCUT2D eigenvalue weighted by molar-refractivity contribution is 0.0735. The van der Waals surface area contributed by atoms with E-state index in [1.807, 2.05) is 35.2 Å². The van der Waals surface area contributed by atoms with E-state index in [0.717, 1.165) is 53.7 Å². The second kappa shape index (κ2) is 7.65. The number of hydrogen-bond donors (Lipinski definition) is 3. The topological polar surface area (TPSA) is 94.5 Å². The number of nitrogens with one attached hydrogen (secondary N) is 2. The van der Waals surface area contributed by atoms with Crippen LogP contribution in [0, 0.1) is 0 Å². The normalized spacial score (nSPS) is 17.6. The van der Waals surface area contributed by atoms with Crippen molar-refractivity contribution in [3.8, 4) is 0 Å². The van der Waals surface area contributed by atoms with Gasteiger partial charge < -0.3 is 25.8 Å². The molecule has 0 aliphatic carbocycles. The van der Waals surface area contributed by atoms with E-state index in [2.05, 4.69) is 15.2 Å². The molecule has 3 heterocycles. The number of benzene rings is 2. The summed E-state index contributed by atoms with van der Waals surface area (Å²) in [4.78, 5) is 32.7. The van der Waals surface area contributed by atoms with Crippen molar-refractivity contribution in [2.75, 3.05) is 44.2 Å². The number of piperidine rings is 1. The lowest BCUT2D eigenvalue weighted by Gasteiger charge is -2.29. The minimum Gasteiger partial charge on any atom is -0.371 e. The molecule has 0 spiro atoms. The highest BCUT2D eigenvalue weighted by Gasteiger charge is 2.22. The van der Waals surface area contributed by atoms with Crippen LogP contribution in [0.3, 0.4) is 0 Å². The number of amides is 2. The van der Waals surface area contributed by atoms with Gasteiger partial charge in [-0.3, -0.25) is 9.59 Å². The van der Waals surface area contributed by atoms with Gasteiger partial charge in [-0.15, -0.1) is 0 Å². The summed E-state index contributed by atoms with van der Waals surface area (Å²) in [5.74, 6) is -0.405. The average molecular weight is 406 g/mol. The molecule has 0 unspecified atom stereocenters. The van der Waals surface area contributed by atoms with Crippen LogP contribution in [-0.2, 0) is 0 Å². The van der Waals surface area contributed by atoms with Crippen LogP contribution in [0.4, 0.5) is 5.69 Å². The van der Waals surface area contributed by atoms with Gasteiger partial charge in [0.25, 0.3) is 11.8 Å². The first-order valence-corrected chi connectivity index (χ1v) is 10.8. The Balaban J connectivity index is 1.64. The molecule has 2 aliphatic heterocycles. The van der Waals surface area contributed by atoms with E-state index >= 15 is 0 Å². The number of H-pyrrole nitrogens is 1. The molecule has 0 saturated carbocycles. The fourth-order valence-corrected chi connectivity index (χ4v) is 4.78. The number of aromatic nitrogens is 1. The monoisotopic (exact) mass is 405 g/mol. The molecule has 5 rings (SSSR count). The molecule has 30 heavy (non-hydrogen) atoms. The van der Waals surface area contributed by atoms with E-state index in [1.54, 1.807) is 0 Å². The average Bonchev–Trinajstić information content (AvgIpc) is 3.17. The summed E-state index contributed by atoms with van der Waals surface area (Å²) in [5.41, 5.74) is 9.56. The number of rotatable bonds is 3. The number of fused-ring (bicyclic) bond motifs is 3. The third-order valence-corrected chi connectivity index (χ3v) is 6.35. The van der Waals surface area contributed by atoms with E-state index in [0.29, 0.717) is 24.2 Å². The van der Waals surface area contributed by atoms with Gasteiger partial charge in [-0.2, -0.15) is 0 Å². The van der Waals surface area contributed by atoms with Crippen molar-refractivity contribution < 1.29 is 9.59 Å². The predicted molar refractivity (Wildman–Crippen MR) is 119 cm³/mol. The predicted octanol–water partition coefficient (Wildman–Crippen LogP) is 2.46. The molecular weight excluding hydrogens is 378 g/mol. The van der Waals surface area contributed by atoms with Crippen LogP contribution in [0.15, 0.2) is 30.3 Å². The van der Waals surface area contributed by atoms with Gasteiger partial charge in [-0.25, -0.2) is 0 Å². The molecule has 7 nitrogen and oxygen atoms in total. The van der Waals surface area contributed by atoms with Crippen LogP contribution in [-0.4, -0.2) is 61.0 Å². The van der Waals surface area contributed by atoms with Crippen LogP contribution in [0.5, 0.6) is 0 Å². The number of nitrogens with zero attached hydrogens (tertiary/aromatic N) is 2. The molecule has 0 bridgehead atoms. The van der Waals surface area contributed by atoms with Gasteiger partial charge in [0.2, 0.25) is 0 Å². The van der Waals surface area contributed by atoms with Crippen LogP contribution in [0.2, 0.25) is 0 Å². The first-order valence-electron chi connectivity index (χ1n) is 10.8. The summed E-state index contributed by atoms with van der Waals surface area (Å²) in [5, 5.41) is 5.31. The first-order chi connectivity index (χ1) is 14.6. The van der Waals surface area contributed by atoms with Crippen molar-refractivity contribution in [1.29, 1.82) is 0 Å². The van der Waals surface area contributed by atoms with Gasteiger partial charge in [-0.1, -0.05) is 6.07 Å². The highest BCUT2D eigenvalue weighted by molar-refractivity contribution is 6.20. The highest BCUT2D eigenvalue weighted by atomic mass is 16.2. The summed E-state index contributed by atoms with van der Waals surface area (Å²) in [7, 11) is 0. The van der Waals surface area contributed by atoms with Gasteiger partial charge in [0.15, 0.2) is 0 Å². The fraction of sp³-hybridized carbons (Fsp3) is 0.391. The van der Waals surface area contributed by atoms with Gasteiger partial charge in [0, 0.05) is 66.8 Å². The number of nitrogens with two attached hydrogens (primary N) is 1. The number of primary amides is 1. The summed E-state index contributed by atoms with van der Waals surface area (Å²) in [6.07, 6.45) is 3.60. The number of aromatic amines is 1. The third kappa shape index (κ3) is 3.19. The van der Waals surface area contributed by atoms with Gasteiger partial charge >= 0.3 is 0 Å². The molecule has 3 aromatic rings. The standard InChI is InChI=1S/C23H27N5O2/c24-22(29)17-6-7-19(27-10-2-1-3-11-27)20-16-5-4-15(14-18(16)26-21(17)20)23(30)28-12-8-25-9-13-28/h4-7,14,25-26H,1-3,8-13H2,(H2,24,29). The van der Waals surface area contributed by atoms with Crippen molar-refractivity contribution in [2.24, 2.45) is 5.73 Å². The van der Waals surface area contributed by atoms with Gasteiger partial charge in [0.05, 0.1) is 11.1 Å². The zero-order chi connectivity index (χ0) is 20.7. The molecule has 0 radical (unpaired) electrons. The highest BCUT2D eigenvalue weighted by Crippen LogP contribution is 2.37. The molecule has 4 N–H and O–H groups in total. The molecular formula is C23H27N5O2. The van der Waals surface area contributed by atoms with Crippen molar-refractivity contribution in [3.63, 3.8) is 0 Å². The summed E-state index contributed by atoms with van der Waals surface area (Å²) >= 11 is 0. The van der Waals surface area contributed by atoms with E-state index in [-0.39, 0.29) is 5.91 Å². The van der Waals surface area contributed by atoms with E-state index < -0.39 is 5.91 Å². The van der Waals surface area contributed by atoms with Crippen molar-refractivity contribution in [1.82, 2.24) is 15.2 Å². The number of hydrogen-bond acceptors (Lipinski definition) is 4. The Hall–Kier alpha value is -3.06. The molecule has 0 atom stereocenters. The molecule has 2 aromatic carbocycles. The summed E-state index contributed by atoms with van der Waals surface area (Å²) in [6, 6.07) is 9.64. The lowest BCUT2D eigenvalue weighted by atomic mass is 10.0. The molecule has 2 amide bonds. The Morgan fingerprint density at radius 1 is 0.933 bits per heavy atom. The van der Waals surface area contributed by atoms with E-state index in [4.69, 9.17) is 5.73 Å². The Morgan fingerprint density at radius 2 is 1.70 bits per heavy atom. The maximum absolute atomic E-state index is 12.9. The van der Waals surface area contributed by atoms with Crippen molar-refractivity contribution in [3.05, 3.63) is 41.5 Å². The Bertz CT molecular complexity index is 1120. The maximum atomic E-state index is 12.9. The fourth-order valence-electron chi connectivity index (χ4n) is 4.78. The minimum absolute atomic E-state index is 0.0448. The largest absolute Gasteiger partial charge is 0.371 e. The molecule has 156 valence electrons. The first kappa shape index (κ1) is 18.9. The van der Waals surface area contributed by atoms with E-state index in [1.165, 1.54) is 19.3 Å². The third-order valence-electron chi connectivity index (χ3n) is 6.35. The summed E-state index contributed by atoms with van der Waals surface area (Å²) < 4.78 is 0. The van der Waals surface area contributed by atoms with Crippen molar-refractivity contribution in [2.45, 2.75) is 19.3 Å². The van der Waals surface area contributed by atoms with Crippen LogP contribution in [0.1, 0.15) is 40.0 Å². The molecule has 7 heteroatoms. The van der Waals surface area contributed by atoms with Crippen LogP contribution < -0.4 is 16.0 Å².